The topological polar surface area (TPSA) is 148 Å². The van der Waals surface area contributed by atoms with Crippen LogP contribution in [0.2, 0.25) is 0 Å². The van der Waals surface area contributed by atoms with Crippen LogP contribution >= 0.6 is 0 Å². The highest BCUT2D eigenvalue weighted by molar-refractivity contribution is 5.47. The summed E-state index contributed by atoms with van der Waals surface area (Å²) in [5.74, 6) is 4.93. The van der Waals surface area contributed by atoms with Crippen molar-refractivity contribution >= 4 is 0 Å². The Hall–Kier alpha value is -6.60. The molecule has 0 N–H and O–H groups in total. The van der Waals surface area contributed by atoms with Crippen LogP contribution in [0.4, 0.5) is 0 Å². The maximum Gasteiger partial charge on any atom is 0.161 e. The monoisotopic (exact) mass is 1040 g/mol. The molecule has 0 bridgehead atoms. The summed E-state index contributed by atoms with van der Waals surface area (Å²) in [6, 6.07) is 40.2. The fraction of sp³-hybridized carbons (Fsp3) is 0.400. The third-order valence-corrected chi connectivity index (χ3v) is 12.3. The lowest BCUT2D eigenvalue weighted by Crippen LogP contribution is -2.15. The lowest BCUT2D eigenvalue weighted by Gasteiger charge is -2.16. The minimum Gasteiger partial charge on any atom is -0.487 e. The Labute approximate surface area is 442 Å². The van der Waals surface area contributed by atoms with Crippen molar-refractivity contribution in [1.29, 1.82) is 0 Å². The van der Waals surface area contributed by atoms with Crippen LogP contribution in [0.3, 0.4) is 0 Å². The molecule has 0 saturated carbocycles. The highest BCUT2D eigenvalue weighted by atomic mass is 16.6. The van der Waals surface area contributed by atoms with Crippen LogP contribution in [0.1, 0.15) is 0 Å². The normalized spacial score (nSPS) is 19.6. The van der Waals surface area contributed by atoms with Crippen LogP contribution < -0.4 is 37.9 Å². The minimum atomic E-state index is 0.281. The van der Waals surface area contributed by atoms with E-state index in [0.29, 0.717) is 178 Å². The summed E-state index contributed by atoms with van der Waals surface area (Å²) in [6.45, 7) is 8.72. The maximum absolute atomic E-state index is 6.53. The summed E-state index contributed by atoms with van der Waals surface area (Å²) in [7, 11) is 0. The quantitative estimate of drug-likeness (QED) is 0.146. The molecule has 0 spiro atoms. The predicted octanol–water partition coefficient (Wildman–Crippen LogP) is 7.74. The number of hydrogen-bond acceptors (Lipinski definition) is 16. The van der Waals surface area contributed by atoms with Gasteiger partial charge in [-0.3, -0.25) is 0 Å². The summed E-state index contributed by atoms with van der Waals surface area (Å²) in [5, 5.41) is 7.91. The fourth-order valence-electron chi connectivity index (χ4n) is 8.72. The van der Waals surface area contributed by atoms with Gasteiger partial charge in [0.15, 0.2) is 46.0 Å². The van der Waals surface area contributed by atoms with Crippen molar-refractivity contribution in [3.05, 3.63) is 163 Å². The van der Waals surface area contributed by atoms with E-state index in [0.717, 1.165) is 41.7 Å². The van der Waals surface area contributed by atoms with E-state index >= 15 is 0 Å². The van der Waals surface area contributed by atoms with E-state index in [1.165, 1.54) is 0 Å². The molecule has 3 aliphatic rings. The number of hydrogen-bond donors (Lipinski definition) is 0. The molecule has 16 heteroatoms. The fourth-order valence-corrected chi connectivity index (χ4v) is 8.72. The van der Waals surface area contributed by atoms with Gasteiger partial charge in [0.05, 0.1) is 106 Å². The van der Waals surface area contributed by atoms with Crippen molar-refractivity contribution in [3.63, 3.8) is 0 Å². The summed E-state index contributed by atoms with van der Waals surface area (Å²) in [6.07, 6.45) is 0. The largest absolute Gasteiger partial charge is 0.487 e. The third kappa shape index (κ3) is 15.7. The van der Waals surface area contributed by atoms with E-state index in [1.807, 2.05) is 48.5 Å². The Kier molecular flexibility index (Phi) is 21.6. The van der Waals surface area contributed by atoms with Gasteiger partial charge in [0.25, 0.3) is 0 Å². The Balaban J connectivity index is 0.992. The van der Waals surface area contributed by atoms with E-state index < -0.39 is 0 Å². The molecule has 0 unspecified atom stereocenters. The summed E-state index contributed by atoms with van der Waals surface area (Å²) < 4.78 is 96.9. The lowest BCUT2D eigenvalue weighted by atomic mass is 10.0. The predicted molar refractivity (Wildman–Crippen MR) is 280 cm³/mol. The highest BCUT2D eigenvalue weighted by Crippen LogP contribution is 2.33. The zero-order valence-corrected chi connectivity index (χ0v) is 43.0. The van der Waals surface area contributed by atoms with Gasteiger partial charge in [-0.1, -0.05) is 72.8 Å². The molecular formula is C60H68O16. The van der Waals surface area contributed by atoms with Gasteiger partial charge >= 0.3 is 0 Å². The molecule has 0 aromatic heterocycles. The molecule has 2 aliphatic heterocycles. The van der Waals surface area contributed by atoms with E-state index in [-0.39, 0.29) is 26.4 Å². The maximum atomic E-state index is 6.53. The van der Waals surface area contributed by atoms with Crippen LogP contribution in [0.5, 0.6) is 46.0 Å². The first-order chi connectivity index (χ1) is 37.8. The van der Waals surface area contributed by atoms with Gasteiger partial charge in [-0.2, -0.15) is 0 Å². The number of para-hydroxylation sites is 4. The van der Waals surface area contributed by atoms with Crippen molar-refractivity contribution in [2.45, 2.75) is 0 Å². The molecule has 0 radical (unpaired) electrons. The molecule has 1 aliphatic carbocycles. The standard InChI is InChI=1S/C60H68O16/c1-2-10-46-45(9-1)49-41-57-59(75-39-31-67-23-19-63-27-35-71-54-14-6-5-13-53(54)69-33-25-61-17-21-65-29-37-73-57)43-51(49)47-11-3-4-12-48(47)52-44-60-58(42-50(46)52)74-38-30-66-22-18-62-26-34-70-55-15-7-8-16-56(55)72-36-28-64-20-24-68-32-40-76-60/h1-16,41-44H,17-40H2/b49-45-,50-46+,51-47+,52-48-. The third-order valence-electron chi connectivity index (χ3n) is 12.3. The van der Waals surface area contributed by atoms with Gasteiger partial charge in [-0.25, -0.2) is 0 Å². The van der Waals surface area contributed by atoms with Crippen LogP contribution in [-0.2, 0) is 37.9 Å². The van der Waals surface area contributed by atoms with Crippen molar-refractivity contribution in [1.82, 2.24) is 0 Å². The number of benzene rings is 6. The average molecular weight is 1050 g/mol. The smallest absolute Gasteiger partial charge is 0.161 e. The first-order valence-corrected chi connectivity index (χ1v) is 26.2. The second-order valence-corrected chi connectivity index (χ2v) is 17.4. The van der Waals surface area contributed by atoms with Crippen LogP contribution in [0.25, 0.3) is 0 Å². The highest BCUT2D eigenvalue weighted by Gasteiger charge is 2.14. The van der Waals surface area contributed by atoms with Crippen LogP contribution in [0.15, 0.2) is 121 Å². The summed E-state index contributed by atoms with van der Waals surface area (Å²) in [4.78, 5) is 0. The Morgan fingerprint density at radius 1 is 0.158 bits per heavy atom. The van der Waals surface area contributed by atoms with Crippen molar-refractivity contribution in [3.8, 4) is 46.0 Å². The summed E-state index contributed by atoms with van der Waals surface area (Å²) >= 11 is 0. The van der Waals surface area contributed by atoms with E-state index in [2.05, 4.69) is 72.8 Å². The molecule has 0 amide bonds. The number of rotatable bonds is 0. The van der Waals surface area contributed by atoms with Gasteiger partial charge in [0.2, 0.25) is 0 Å². The van der Waals surface area contributed by atoms with Gasteiger partial charge in [-0.15, -0.1) is 0 Å². The van der Waals surface area contributed by atoms with Crippen molar-refractivity contribution < 1.29 is 75.8 Å². The van der Waals surface area contributed by atoms with E-state index in [4.69, 9.17) is 75.8 Å². The van der Waals surface area contributed by atoms with Crippen LogP contribution in [-0.4, -0.2) is 159 Å². The Bertz CT molecular complexity index is 2720. The molecule has 2 heterocycles. The first kappa shape index (κ1) is 54.2. The molecule has 404 valence electrons. The molecule has 6 aromatic carbocycles. The van der Waals surface area contributed by atoms with Gasteiger partial charge in [-0.05, 0) is 90.3 Å². The molecule has 0 atom stereocenters. The number of ether oxygens (including phenoxy) is 16. The second-order valence-electron chi connectivity index (χ2n) is 17.4. The van der Waals surface area contributed by atoms with Crippen molar-refractivity contribution in [2.24, 2.45) is 0 Å². The zero-order chi connectivity index (χ0) is 51.7. The Morgan fingerprint density at radius 3 is 0.513 bits per heavy atom. The van der Waals surface area contributed by atoms with Gasteiger partial charge < -0.3 is 75.8 Å². The summed E-state index contributed by atoms with van der Waals surface area (Å²) in [5.41, 5.74) is 0. The van der Waals surface area contributed by atoms with Gasteiger partial charge in [0, 0.05) is 0 Å². The minimum absolute atomic E-state index is 0.281. The molecule has 9 rings (SSSR count). The van der Waals surface area contributed by atoms with Gasteiger partial charge in [0.1, 0.15) is 52.9 Å². The molecule has 0 saturated heterocycles. The van der Waals surface area contributed by atoms with E-state index in [1.54, 1.807) is 0 Å². The Morgan fingerprint density at radius 2 is 0.316 bits per heavy atom. The first-order valence-electron chi connectivity index (χ1n) is 26.2. The zero-order valence-electron chi connectivity index (χ0n) is 43.0. The lowest BCUT2D eigenvalue weighted by molar-refractivity contribution is 0.0223. The molecule has 76 heavy (non-hydrogen) atoms. The molecule has 0 fully saturated rings. The van der Waals surface area contributed by atoms with Crippen LogP contribution in [0, 0.1) is 41.7 Å². The average Bonchev–Trinajstić information content (AvgIpc) is 3.46. The number of fused-ring (bicyclic) bond motifs is 8. The second kappa shape index (κ2) is 30.2. The van der Waals surface area contributed by atoms with Crippen molar-refractivity contribution in [2.75, 3.05) is 159 Å². The SMILES string of the molecule is c1ccc2c(c1)OCCOCCOCCOc1cc3/c(cc1OCCOCCOCCO2)=c1\cccc\c1=c1/cc2c(c/c1=c1/cccc/c1=3)OCCOCCOCCOc1ccccc1OCCOCCOCCO2. The molecule has 6 aromatic rings. The molecule has 16 nitrogen and oxygen atoms in total. The van der Waals surface area contributed by atoms with E-state index in [9.17, 15) is 0 Å². The molecular weight excluding hydrogens is 977 g/mol.